The molecule has 1 heterocycles. The third kappa shape index (κ3) is 6.96. The zero-order valence-corrected chi connectivity index (χ0v) is 22.3. The van der Waals surface area contributed by atoms with Crippen molar-refractivity contribution in [3.8, 4) is 22.9 Å². The molecule has 8 nitrogen and oxygen atoms in total. The number of carbonyl (C=O) groups excluding carboxylic acids is 1. The molecule has 4 aromatic rings. The van der Waals surface area contributed by atoms with Gasteiger partial charge in [0.1, 0.15) is 23.9 Å². The number of ether oxygens (including phenoxy) is 3. The summed E-state index contributed by atoms with van der Waals surface area (Å²) >= 11 is 7.25. The molecule has 10 heteroatoms. The first kappa shape index (κ1) is 26.4. The van der Waals surface area contributed by atoms with Gasteiger partial charge in [-0.15, -0.1) is 10.2 Å². The number of carbonyl (C=O) groups is 1. The molecular formula is C27H27ClN4O4S. The third-order valence-electron chi connectivity index (χ3n) is 5.25. The van der Waals surface area contributed by atoms with Crippen molar-refractivity contribution in [2.75, 3.05) is 24.8 Å². The summed E-state index contributed by atoms with van der Waals surface area (Å²) in [6.45, 7) is 4.64. The molecule has 0 aliphatic heterocycles. The molecule has 0 spiro atoms. The molecule has 4 rings (SSSR count). The molecule has 0 aliphatic rings. The van der Waals surface area contributed by atoms with Gasteiger partial charge in [0.05, 0.1) is 25.2 Å². The second kappa shape index (κ2) is 12.5. The highest BCUT2D eigenvalue weighted by Crippen LogP contribution is 2.28. The summed E-state index contributed by atoms with van der Waals surface area (Å²) in [6, 6.07) is 20.3. The summed E-state index contributed by atoms with van der Waals surface area (Å²) < 4.78 is 18.7. The zero-order valence-electron chi connectivity index (χ0n) is 20.7. The molecule has 3 aromatic carbocycles. The molecular weight excluding hydrogens is 512 g/mol. The maximum Gasteiger partial charge on any atom is 0.234 e. The highest BCUT2D eigenvalue weighted by Gasteiger charge is 2.17. The lowest BCUT2D eigenvalue weighted by molar-refractivity contribution is -0.113. The number of anilines is 1. The third-order valence-corrected chi connectivity index (χ3v) is 6.43. The van der Waals surface area contributed by atoms with Gasteiger partial charge in [0.2, 0.25) is 5.91 Å². The fraction of sp³-hybridized carbons (Fsp3) is 0.222. The highest BCUT2D eigenvalue weighted by molar-refractivity contribution is 7.99. The number of nitrogens with one attached hydrogen (secondary N) is 1. The number of thioether (sulfide) groups is 1. The van der Waals surface area contributed by atoms with Crippen LogP contribution in [-0.2, 0) is 11.4 Å². The molecule has 192 valence electrons. The van der Waals surface area contributed by atoms with Gasteiger partial charge in [-0.25, -0.2) is 0 Å². The Morgan fingerprint density at radius 1 is 1.00 bits per heavy atom. The Kier molecular flexibility index (Phi) is 8.92. The summed E-state index contributed by atoms with van der Waals surface area (Å²) in [4.78, 5) is 12.8. The lowest BCUT2D eigenvalue weighted by atomic mass is 10.2. The summed E-state index contributed by atoms with van der Waals surface area (Å²) in [5.74, 6) is 2.55. The van der Waals surface area contributed by atoms with Gasteiger partial charge >= 0.3 is 0 Å². The first-order chi connectivity index (χ1) is 18.0. The van der Waals surface area contributed by atoms with Crippen LogP contribution in [0.25, 0.3) is 5.69 Å². The first-order valence-electron chi connectivity index (χ1n) is 11.6. The molecule has 1 aromatic heterocycles. The van der Waals surface area contributed by atoms with Crippen molar-refractivity contribution < 1.29 is 19.0 Å². The van der Waals surface area contributed by atoms with Crippen LogP contribution in [0.15, 0.2) is 71.9 Å². The Bertz CT molecular complexity index is 1340. The van der Waals surface area contributed by atoms with Crippen molar-refractivity contribution in [2.45, 2.75) is 25.6 Å². The van der Waals surface area contributed by atoms with Gasteiger partial charge in [0, 0.05) is 10.7 Å². The Hall–Kier alpha value is -3.69. The van der Waals surface area contributed by atoms with E-state index in [4.69, 9.17) is 25.8 Å². The van der Waals surface area contributed by atoms with Gasteiger partial charge in [-0.05, 0) is 80.1 Å². The van der Waals surface area contributed by atoms with Gasteiger partial charge in [-0.2, -0.15) is 0 Å². The number of hydrogen-bond acceptors (Lipinski definition) is 7. The topological polar surface area (TPSA) is 87.5 Å². The van der Waals surface area contributed by atoms with E-state index < -0.39 is 0 Å². The molecule has 37 heavy (non-hydrogen) atoms. The maximum absolute atomic E-state index is 12.8. The van der Waals surface area contributed by atoms with Crippen LogP contribution in [0.3, 0.4) is 0 Å². The fourth-order valence-corrected chi connectivity index (χ4v) is 4.42. The quantitative estimate of drug-likeness (QED) is 0.236. The second-order valence-electron chi connectivity index (χ2n) is 7.94. The monoisotopic (exact) mass is 538 g/mol. The molecule has 1 N–H and O–H groups in total. The minimum absolute atomic E-state index is 0.129. The van der Waals surface area contributed by atoms with Crippen LogP contribution >= 0.6 is 23.4 Å². The predicted molar refractivity (Wildman–Crippen MR) is 145 cm³/mol. The van der Waals surface area contributed by atoms with Crippen molar-refractivity contribution in [1.82, 2.24) is 14.8 Å². The molecule has 0 saturated carbocycles. The van der Waals surface area contributed by atoms with Crippen LogP contribution in [0.4, 0.5) is 5.69 Å². The van der Waals surface area contributed by atoms with Crippen molar-refractivity contribution >= 4 is 35.0 Å². The van der Waals surface area contributed by atoms with Gasteiger partial charge < -0.3 is 19.5 Å². The minimum atomic E-state index is -0.186. The van der Waals surface area contributed by atoms with Crippen LogP contribution in [-0.4, -0.2) is 40.1 Å². The van der Waals surface area contributed by atoms with E-state index in [-0.39, 0.29) is 18.3 Å². The summed E-state index contributed by atoms with van der Waals surface area (Å²) in [5.41, 5.74) is 2.47. The molecule has 0 aliphatic carbocycles. The van der Waals surface area contributed by atoms with Crippen molar-refractivity contribution in [1.29, 1.82) is 0 Å². The second-order valence-corrected chi connectivity index (χ2v) is 9.32. The Balaban J connectivity index is 1.53. The molecule has 0 unspecified atom stereocenters. The van der Waals surface area contributed by atoms with Crippen LogP contribution in [0.1, 0.15) is 18.3 Å². The average molecular weight is 539 g/mol. The number of amides is 1. The lowest BCUT2D eigenvalue weighted by Gasteiger charge is -2.13. The van der Waals surface area contributed by atoms with E-state index in [0.29, 0.717) is 39.8 Å². The van der Waals surface area contributed by atoms with Crippen LogP contribution in [0.5, 0.6) is 17.2 Å². The number of hydrogen-bond donors (Lipinski definition) is 1. The number of nitrogens with zero attached hydrogens (tertiary/aromatic N) is 3. The summed E-state index contributed by atoms with van der Waals surface area (Å²) in [7, 11) is 1.57. The average Bonchev–Trinajstić information content (AvgIpc) is 3.31. The van der Waals surface area contributed by atoms with E-state index in [1.54, 1.807) is 31.4 Å². The number of benzene rings is 3. The van der Waals surface area contributed by atoms with E-state index >= 15 is 0 Å². The summed E-state index contributed by atoms with van der Waals surface area (Å²) in [5, 5.41) is 12.8. The van der Waals surface area contributed by atoms with Crippen molar-refractivity contribution in [2.24, 2.45) is 0 Å². The molecule has 0 atom stereocenters. The maximum atomic E-state index is 12.8. The van der Waals surface area contributed by atoms with Crippen molar-refractivity contribution in [3.05, 3.63) is 83.1 Å². The smallest absolute Gasteiger partial charge is 0.234 e. The van der Waals surface area contributed by atoms with Gasteiger partial charge in [-0.3, -0.25) is 9.36 Å². The highest BCUT2D eigenvalue weighted by atomic mass is 35.5. The number of aryl methyl sites for hydroxylation is 1. The molecule has 1 amide bonds. The predicted octanol–water partition coefficient (Wildman–Crippen LogP) is 5.95. The van der Waals surface area contributed by atoms with E-state index in [1.165, 1.54) is 11.8 Å². The SMILES string of the molecule is CCOc1ccc(-n2c(COc3ccc(Cl)cc3)nnc2SCC(=O)Nc2cc(C)ccc2OC)cc1. The summed E-state index contributed by atoms with van der Waals surface area (Å²) in [6.07, 6.45) is 0. The number of methoxy groups -OCH3 is 1. The van der Waals surface area contributed by atoms with Gasteiger partial charge in [0.15, 0.2) is 11.0 Å². The largest absolute Gasteiger partial charge is 0.495 e. The lowest BCUT2D eigenvalue weighted by Crippen LogP contribution is -2.15. The van der Waals surface area contributed by atoms with Crippen LogP contribution in [0, 0.1) is 6.92 Å². The van der Waals surface area contributed by atoms with Crippen LogP contribution < -0.4 is 19.5 Å². The Morgan fingerprint density at radius 3 is 2.41 bits per heavy atom. The van der Waals surface area contributed by atoms with Crippen LogP contribution in [0.2, 0.25) is 5.02 Å². The van der Waals surface area contributed by atoms with E-state index in [0.717, 1.165) is 17.0 Å². The Morgan fingerprint density at radius 2 is 1.70 bits per heavy atom. The van der Waals surface area contributed by atoms with Gasteiger partial charge in [0.25, 0.3) is 0 Å². The number of halogens is 1. The van der Waals surface area contributed by atoms with Gasteiger partial charge in [-0.1, -0.05) is 29.4 Å². The normalized spacial score (nSPS) is 10.7. The van der Waals surface area contributed by atoms with E-state index in [2.05, 4.69) is 15.5 Å². The standard InChI is InChI=1S/C27H27ClN4O4S/c1-4-35-21-12-8-20(9-13-21)32-25(16-36-22-10-6-19(28)7-11-22)30-31-27(32)37-17-26(33)29-23-15-18(2)5-14-24(23)34-3/h5-15H,4,16-17H2,1-3H3,(H,29,33). The van der Waals surface area contributed by atoms with E-state index in [9.17, 15) is 4.79 Å². The minimum Gasteiger partial charge on any atom is -0.495 e. The number of aromatic nitrogens is 3. The van der Waals surface area contributed by atoms with E-state index in [1.807, 2.05) is 60.9 Å². The first-order valence-corrected chi connectivity index (χ1v) is 13.0. The molecule has 0 radical (unpaired) electrons. The van der Waals surface area contributed by atoms with Crippen molar-refractivity contribution in [3.63, 3.8) is 0 Å². The number of rotatable bonds is 11. The molecule has 0 bridgehead atoms. The fourth-order valence-electron chi connectivity index (χ4n) is 3.52. The molecule has 0 saturated heterocycles. The Labute approximate surface area is 224 Å². The molecule has 0 fully saturated rings. The zero-order chi connectivity index (χ0) is 26.2.